The second-order valence-electron chi connectivity index (χ2n) is 3.23. The molecule has 0 radical (unpaired) electrons. The molecule has 1 fully saturated rings. The number of ether oxygens (including phenoxy) is 1. The lowest BCUT2D eigenvalue weighted by Crippen LogP contribution is -2.18. The molecule has 1 aliphatic rings. The molecule has 68 valence electrons. The molecule has 0 aromatic carbocycles. The van der Waals surface area contributed by atoms with Crippen LogP contribution in [0.1, 0.15) is 20.3 Å². The highest BCUT2D eigenvalue weighted by molar-refractivity contribution is 5.89. The minimum absolute atomic E-state index is 0.311. The van der Waals surface area contributed by atoms with Crippen LogP contribution in [0, 0.1) is 11.3 Å². The highest BCUT2D eigenvalue weighted by Gasteiger charge is 2.61. The monoisotopic (exact) mass is 172 g/mol. The number of carboxylic acids is 1. The number of rotatable bonds is 3. The summed E-state index contributed by atoms with van der Waals surface area (Å²) >= 11 is 0. The van der Waals surface area contributed by atoms with E-state index in [2.05, 4.69) is 0 Å². The first-order chi connectivity index (χ1) is 5.52. The number of esters is 1. The fourth-order valence-corrected chi connectivity index (χ4v) is 1.19. The van der Waals surface area contributed by atoms with Gasteiger partial charge < -0.3 is 9.84 Å². The van der Waals surface area contributed by atoms with Gasteiger partial charge in [0.1, 0.15) is 0 Å². The third-order valence-corrected chi connectivity index (χ3v) is 2.30. The molecule has 1 rings (SSSR count). The van der Waals surface area contributed by atoms with Crippen LogP contribution in [0.25, 0.3) is 0 Å². The van der Waals surface area contributed by atoms with Crippen LogP contribution in [0.4, 0.5) is 0 Å². The molecule has 1 saturated carbocycles. The lowest BCUT2D eigenvalue weighted by atomic mass is 10.1. The first-order valence-corrected chi connectivity index (χ1v) is 3.92. The average Bonchev–Trinajstić information content (AvgIpc) is 2.65. The van der Waals surface area contributed by atoms with Crippen molar-refractivity contribution in [2.24, 2.45) is 11.3 Å². The summed E-state index contributed by atoms with van der Waals surface area (Å²) in [4.78, 5) is 21.6. The van der Waals surface area contributed by atoms with Gasteiger partial charge in [0, 0.05) is 0 Å². The van der Waals surface area contributed by atoms with Crippen LogP contribution in [0.2, 0.25) is 0 Å². The summed E-state index contributed by atoms with van der Waals surface area (Å²) in [5.41, 5.74) is -0.869. The van der Waals surface area contributed by atoms with E-state index in [-0.39, 0.29) is 5.97 Å². The molecule has 4 heteroatoms. The molecule has 1 N–H and O–H groups in total. The van der Waals surface area contributed by atoms with E-state index < -0.39 is 17.3 Å². The first kappa shape index (κ1) is 9.03. The zero-order valence-corrected chi connectivity index (χ0v) is 7.16. The number of hydrogen-bond donors (Lipinski definition) is 1. The highest BCUT2D eigenvalue weighted by Crippen LogP contribution is 2.52. The third-order valence-electron chi connectivity index (χ3n) is 2.30. The van der Waals surface area contributed by atoms with Gasteiger partial charge in [-0.15, -0.1) is 0 Å². The summed E-state index contributed by atoms with van der Waals surface area (Å²) in [6, 6.07) is 0. The van der Waals surface area contributed by atoms with Crippen LogP contribution in [-0.4, -0.2) is 23.7 Å². The standard InChI is InChI=1S/C8H12O4/c1-3-12-6(9)5-4-8(5,2)7(10)11/h5H,3-4H2,1-2H3,(H,10,11). The van der Waals surface area contributed by atoms with Crippen molar-refractivity contribution in [1.29, 1.82) is 0 Å². The summed E-state index contributed by atoms with van der Waals surface area (Å²) < 4.78 is 4.71. The second kappa shape index (κ2) is 2.77. The van der Waals surface area contributed by atoms with E-state index in [4.69, 9.17) is 9.84 Å². The van der Waals surface area contributed by atoms with Gasteiger partial charge in [0.05, 0.1) is 17.9 Å². The molecule has 2 atom stereocenters. The summed E-state index contributed by atoms with van der Waals surface area (Å²) in [7, 11) is 0. The Balaban J connectivity index is 2.51. The molecule has 0 aromatic rings. The van der Waals surface area contributed by atoms with Crippen molar-refractivity contribution in [1.82, 2.24) is 0 Å². The zero-order valence-electron chi connectivity index (χ0n) is 7.16. The maximum atomic E-state index is 11.0. The fourth-order valence-electron chi connectivity index (χ4n) is 1.19. The Morgan fingerprint density at radius 3 is 2.58 bits per heavy atom. The van der Waals surface area contributed by atoms with E-state index in [1.54, 1.807) is 13.8 Å². The molecular weight excluding hydrogens is 160 g/mol. The summed E-state index contributed by atoms with van der Waals surface area (Å²) in [6.07, 6.45) is 0.404. The molecule has 2 unspecified atom stereocenters. The van der Waals surface area contributed by atoms with Crippen LogP contribution in [0.15, 0.2) is 0 Å². The van der Waals surface area contributed by atoms with Crippen molar-refractivity contribution in [3.63, 3.8) is 0 Å². The Morgan fingerprint density at radius 1 is 1.67 bits per heavy atom. The Hall–Kier alpha value is -1.06. The summed E-state index contributed by atoms with van der Waals surface area (Å²) in [5, 5.41) is 8.69. The molecule has 0 amide bonds. The second-order valence-corrected chi connectivity index (χ2v) is 3.23. The van der Waals surface area contributed by atoms with Gasteiger partial charge in [0.25, 0.3) is 0 Å². The Labute approximate surface area is 70.5 Å². The van der Waals surface area contributed by atoms with E-state index in [1.807, 2.05) is 0 Å². The van der Waals surface area contributed by atoms with Crippen molar-refractivity contribution in [2.75, 3.05) is 6.61 Å². The summed E-state index contributed by atoms with van der Waals surface area (Å²) in [5.74, 6) is -1.74. The normalized spacial score (nSPS) is 32.7. The fraction of sp³-hybridized carbons (Fsp3) is 0.750. The number of carbonyl (C=O) groups is 2. The zero-order chi connectivity index (χ0) is 9.35. The van der Waals surface area contributed by atoms with Crippen molar-refractivity contribution in [3.05, 3.63) is 0 Å². The van der Waals surface area contributed by atoms with E-state index in [0.29, 0.717) is 13.0 Å². The Bertz CT molecular complexity index is 223. The minimum Gasteiger partial charge on any atom is -0.481 e. The third kappa shape index (κ3) is 1.29. The van der Waals surface area contributed by atoms with Crippen molar-refractivity contribution < 1.29 is 19.4 Å². The van der Waals surface area contributed by atoms with Crippen LogP contribution in [-0.2, 0) is 14.3 Å². The van der Waals surface area contributed by atoms with E-state index in [9.17, 15) is 9.59 Å². The smallest absolute Gasteiger partial charge is 0.310 e. The maximum Gasteiger partial charge on any atom is 0.310 e. The number of carboxylic acid groups (broad SMARTS) is 1. The molecule has 0 spiro atoms. The molecule has 0 heterocycles. The quantitative estimate of drug-likeness (QED) is 0.635. The van der Waals surface area contributed by atoms with Gasteiger partial charge in [0.2, 0.25) is 0 Å². The molecule has 12 heavy (non-hydrogen) atoms. The molecule has 1 aliphatic carbocycles. The van der Waals surface area contributed by atoms with Gasteiger partial charge in [-0.2, -0.15) is 0 Å². The first-order valence-electron chi connectivity index (χ1n) is 3.92. The molecule has 4 nitrogen and oxygen atoms in total. The van der Waals surface area contributed by atoms with Gasteiger partial charge in [-0.3, -0.25) is 9.59 Å². The van der Waals surface area contributed by atoms with Crippen LogP contribution < -0.4 is 0 Å². The Morgan fingerprint density at radius 2 is 2.25 bits per heavy atom. The largest absolute Gasteiger partial charge is 0.481 e. The molecule has 0 saturated heterocycles. The average molecular weight is 172 g/mol. The van der Waals surface area contributed by atoms with Crippen LogP contribution in [0.5, 0.6) is 0 Å². The molecule has 0 aromatic heterocycles. The van der Waals surface area contributed by atoms with Crippen molar-refractivity contribution >= 4 is 11.9 Å². The topological polar surface area (TPSA) is 63.6 Å². The number of carbonyl (C=O) groups excluding carboxylic acids is 1. The lowest BCUT2D eigenvalue weighted by molar-refractivity contribution is -0.151. The van der Waals surface area contributed by atoms with Gasteiger partial charge in [-0.05, 0) is 20.3 Å². The maximum absolute atomic E-state index is 11.0. The SMILES string of the molecule is CCOC(=O)C1CC1(C)C(=O)O. The van der Waals surface area contributed by atoms with E-state index >= 15 is 0 Å². The lowest BCUT2D eigenvalue weighted by Gasteiger charge is -2.03. The van der Waals surface area contributed by atoms with Crippen molar-refractivity contribution in [2.45, 2.75) is 20.3 Å². The van der Waals surface area contributed by atoms with Crippen LogP contribution >= 0.6 is 0 Å². The highest BCUT2D eigenvalue weighted by atomic mass is 16.5. The van der Waals surface area contributed by atoms with Gasteiger partial charge in [0.15, 0.2) is 0 Å². The number of hydrogen-bond acceptors (Lipinski definition) is 3. The van der Waals surface area contributed by atoms with Gasteiger partial charge in [-0.25, -0.2) is 0 Å². The van der Waals surface area contributed by atoms with Gasteiger partial charge in [-0.1, -0.05) is 0 Å². The summed E-state index contributed by atoms with van der Waals surface area (Å²) in [6.45, 7) is 3.58. The Kier molecular flexibility index (Phi) is 2.08. The van der Waals surface area contributed by atoms with Gasteiger partial charge >= 0.3 is 11.9 Å². The van der Waals surface area contributed by atoms with E-state index in [0.717, 1.165) is 0 Å². The number of aliphatic carboxylic acids is 1. The van der Waals surface area contributed by atoms with E-state index in [1.165, 1.54) is 0 Å². The predicted octanol–water partition coefficient (Wildman–Crippen LogP) is 0.660. The van der Waals surface area contributed by atoms with Crippen molar-refractivity contribution in [3.8, 4) is 0 Å². The molecule has 0 bridgehead atoms. The molecular formula is C8H12O4. The predicted molar refractivity (Wildman–Crippen MR) is 40.5 cm³/mol. The molecule has 0 aliphatic heterocycles. The van der Waals surface area contributed by atoms with Crippen LogP contribution in [0.3, 0.4) is 0 Å². The minimum atomic E-state index is -0.916.